The lowest BCUT2D eigenvalue weighted by Gasteiger charge is -2.24. The number of carbonyl (C=O) groups excluding carboxylic acids is 1. The van der Waals surface area contributed by atoms with Crippen molar-refractivity contribution in [1.82, 2.24) is 4.90 Å². The smallest absolute Gasteiger partial charge is 0.410 e. The Balaban J connectivity index is 2.17. The maximum absolute atomic E-state index is 12.1. The number of hydrogen-bond donors (Lipinski definition) is 1. The number of rotatable bonds is 2. The first-order chi connectivity index (χ1) is 9.76. The number of aliphatic carboxylic acids is 1. The maximum Gasteiger partial charge on any atom is 0.410 e. The average molecular weight is 289 g/mol. The van der Waals surface area contributed by atoms with Crippen molar-refractivity contribution < 1.29 is 19.4 Å². The molecule has 1 aliphatic heterocycles. The Hall–Kier alpha value is -2.30. The highest BCUT2D eigenvalue weighted by Gasteiger charge is 2.28. The van der Waals surface area contributed by atoms with Crippen molar-refractivity contribution in [3.63, 3.8) is 0 Å². The molecule has 2 rings (SSSR count). The summed E-state index contributed by atoms with van der Waals surface area (Å²) in [6.45, 7) is 6.41. The summed E-state index contributed by atoms with van der Waals surface area (Å²) in [5, 5.41) is 8.72. The number of amides is 1. The second-order valence-corrected chi connectivity index (χ2v) is 5.99. The van der Waals surface area contributed by atoms with Crippen molar-refractivity contribution in [2.24, 2.45) is 0 Å². The van der Waals surface area contributed by atoms with Crippen molar-refractivity contribution in [3.8, 4) is 0 Å². The number of nitrogens with zero attached hydrogens (tertiary/aromatic N) is 1. The van der Waals surface area contributed by atoms with Gasteiger partial charge in [0.2, 0.25) is 0 Å². The van der Waals surface area contributed by atoms with E-state index in [1.807, 2.05) is 39.0 Å². The monoisotopic (exact) mass is 289 g/mol. The van der Waals surface area contributed by atoms with Gasteiger partial charge in [-0.3, -0.25) is 4.90 Å². The number of carboxylic acids is 1. The van der Waals surface area contributed by atoms with Crippen LogP contribution in [0.1, 0.15) is 37.5 Å². The summed E-state index contributed by atoms with van der Waals surface area (Å²) < 4.78 is 5.37. The highest BCUT2D eigenvalue weighted by atomic mass is 16.6. The third kappa shape index (κ3) is 3.84. The van der Waals surface area contributed by atoms with Gasteiger partial charge < -0.3 is 9.84 Å². The maximum atomic E-state index is 12.1. The van der Waals surface area contributed by atoms with Gasteiger partial charge in [0.25, 0.3) is 0 Å². The molecule has 1 aliphatic rings. The van der Waals surface area contributed by atoms with Crippen LogP contribution in [0.2, 0.25) is 0 Å². The summed E-state index contributed by atoms with van der Waals surface area (Å²) in [5.74, 6) is -0.991. The van der Waals surface area contributed by atoms with Crippen LogP contribution in [0, 0.1) is 0 Å². The molecule has 5 nitrogen and oxygen atoms in total. The van der Waals surface area contributed by atoms with E-state index < -0.39 is 11.6 Å². The third-order valence-electron chi connectivity index (χ3n) is 3.08. The molecule has 0 unspecified atom stereocenters. The van der Waals surface area contributed by atoms with E-state index >= 15 is 0 Å². The fourth-order valence-corrected chi connectivity index (χ4v) is 2.22. The third-order valence-corrected chi connectivity index (χ3v) is 3.08. The fraction of sp³-hybridized carbons (Fsp3) is 0.375. The molecule has 0 fully saturated rings. The molecular formula is C16H19NO4. The minimum Gasteiger partial charge on any atom is -0.478 e. The largest absolute Gasteiger partial charge is 0.478 e. The first-order valence-electron chi connectivity index (χ1n) is 6.76. The van der Waals surface area contributed by atoms with Crippen LogP contribution in [-0.2, 0) is 22.6 Å². The van der Waals surface area contributed by atoms with Crippen molar-refractivity contribution in [2.45, 2.75) is 39.5 Å². The fourth-order valence-electron chi connectivity index (χ4n) is 2.22. The van der Waals surface area contributed by atoms with E-state index in [0.29, 0.717) is 13.1 Å². The van der Waals surface area contributed by atoms with Gasteiger partial charge in [0.1, 0.15) is 5.60 Å². The van der Waals surface area contributed by atoms with Crippen LogP contribution in [0.25, 0.3) is 6.08 Å². The van der Waals surface area contributed by atoms with E-state index in [-0.39, 0.29) is 6.09 Å². The summed E-state index contributed by atoms with van der Waals surface area (Å²) in [6, 6.07) is 5.65. The predicted octanol–water partition coefficient (Wildman–Crippen LogP) is 3.04. The Kier molecular flexibility index (Phi) is 4.02. The summed E-state index contributed by atoms with van der Waals surface area (Å²) in [4.78, 5) is 24.3. The molecule has 0 saturated carbocycles. The number of hydrogen-bond acceptors (Lipinski definition) is 3. The number of benzene rings is 1. The SMILES string of the molecule is CC(C)(C)OC(=O)N1Cc2cccc(/C=C/C(=O)O)c2C1. The topological polar surface area (TPSA) is 66.8 Å². The molecule has 0 saturated heterocycles. The summed E-state index contributed by atoms with van der Waals surface area (Å²) in [6.07, 6.45) is 2.30. The van der Waals surface area contributed by atoms with E-state index in [2.05, 4.69) is 0 Å². The molecule has 1 amide bonds. The van der Waals surface area contributed by atoms with Crippen LogP contribution in [-0.4, -0.2) is 27.7 Å². The molecular weight excluding hydrogens is 270 g/mol. The molecule has 0 bridgehead atoms. The lowest BCUT2D eigenvalue weighted by molar-refractivity contribution is -0.131. The van der Waals surface area contributed by atoms with Gasteiger partial charge in [0.05, 0.1) is 6.54 Å². The van der Waals surface area contributed by atoms with E-state index in [1.54, 1.807) is 11.0 Å². The molecule has 1 aromatic rings. The lowest BCUT2D eigenvalue weighted by Crippen LogP contribution is -2.33. The van der Waals surface area contributed by atoms with Crippen LogP contribution in [0.15, 0.2) is 24.3 Å². The highest BCUT2D eigenvalue weighted by Crippen LogP contribution is 2.28. The van der Waals surface area contributed by atoms with Gasteiger partial charge in [-0.15, -0.1) is 0 Å². The number of fused-ring (bicyclic) bond motifs is 1. The summed E-state index contributed by atoms with van der Waals surface area (Å²) in [7, 11) is 0. The Morgan fingerprint density at radius 3 is 2.62 bits per heavy atom. The molecule has 0 aromatic heterocycles. The Morgan fingerprint density at radius 1 is 1.29 bits per heavy atom. The van der Waals surface area contributed by atoms with Crippen LogP contribution in [0.4, 0.5) is 4.79 Å². The second kappa shape index (κ2) is 5.60. The van der Waals surface area contributed by atoms with Gasteiger partial charge in [-0.25, -0.2) is 9.59 Å². The zero-order chi connectivity index (χ0) is 15.6. The average Bonchev–Trinajstić information content (AvgIpc) is 2.78. The molecule has 0 radical (unpaired) electrons. The molecule has 0 aliphatic carbocycles. The van der Waals surface area contributed by atoms with Crippen molar-refractivity contribution in [1.29, 1.82) is 0 Å². The quantitative estimate of drug-likeness (QED) is 0.850. The molecule has 0 spiro atoms. The molecule has 0 atom stereocenters. The van der Waals surface area contributed by atoms with Crippen LogP contribution in [0.3, 0.4) is 0 Å². The Morgan fingerprint density at radius 2 is 2.00 bits per heavy atom. The zero-order valence-electron chi connectivity index (χ0n) is 12.4. The molecule has 1 aromatic carbocycles. The van der Waals surface area contributed by atoms with Gasteiger partial charge in [0.15, 0.2) is 0 Å². The minimum absolute atomic E-state index is 0.355. The second-order valence-electron chi connectivity index (χ2n) is 5.99. The highest BCUT2D eigenvalue weighted by molar-refractivity contribution is 5.85. The zero-order valence-corrected chi connectivity index (χ0v) is 12.4. The molecule has 5 heteroatoms. The van der Waals surface area contributed by atoms with E-state index in [1.165, 1.54) is 0 Å². The van der Waals surface area contributed by atoms with Gasteiger partial charge >= 0.3 is 12.1 Å². The normalized spacial score (nSPS) is 14.3. The number of ether oxygens (including phenoxy) is 1. The Bertz CT molecular complexity index is 599. The van der Waals surface area contributed by atoms with Crippen molar-refractivity contribution in [3.05, 3.63) is 41.0 Å². The summed E-state index contributed by atoms with van der Waals surface area (Å²) >= 11 is 0. The van der Waals surface area contributed by atoms with Gasteiger partial charge in [-0.05, 0) is 43.5 Å². The first kappa shape index (κ1) is 15.1. The van der Waals surface area contributed by atoms with E-state index in [0.717, 1.165) is 22.8 Å². The molecule has 1 heterocycles. The van der Waals surface area contributed by atoms with Crippen molar-refractivity contribution >= 4 is 18.1 Å². The number of carbonyl (C=O) groups is 2. The van der Waals surface area contributed by atoms with Crippen LogP contribution >= 0.6 is 0 Å². The van der Waals surface area contributed by atoms with E-state index in [4.69, 9.17) is 9.84 Å². The minimum atomic E-state index is -0.991. The Labute approximate surface area is 123 Å². The van der Waals surface area contributed by atoms with Crippen LogP contribution < -0.4 is 0 Å². The standard InChI is InChI=1S/C16H19NO4/c1-16(2,3)21-15(20)17-9-12-6-4-5-11(13(12)10-17)7-8-14(18)19/h4-8H,9-10H2,1-3H3,(H,18,19)/b8-7+. The predicted molar refractivity (Wildman–Crippen MR) is 78.6 cm³/mol. The van der Waals surface area contributed by atoms with Gasteiger partial charge in [-0.2, -0.15) is 0 Å². The van der Waals surface area contributed by atoms with E-state index in [9.17, 15) is 9.59 Å². The van der Waals surface area contributed by atoms with Crippen molar-refractivity contribution in [2.75, 3.05) is 0 Å². The lowest BCUT2D eigenvalue weighted by atomic mass is 10.0. The van der Waals surface area contributed by atoms with Gasteiger partial charge in [-0.1, -0.05) is 18.2 Å². The summed E-state index contributed by atoms with van der Waals surface area (Å²) in [5.41, 5.74) is 2.29. The molecule has 21 heavy (non-hydrogen) atoms. The van der Waals surface area contributed by atoms with Crippen LogP contribution in [0.5, 0.6) is 0 Å². The number of carboxylic acid groups (broad SMARTS) is 1. The molecule has 1 N–H and O–H groups in total. The van der Waals surface area contributed by atoms with Gasteiger partial charge in [0, 0.05) is 12.6 Å². The molecule has 112 valence electrons. The first-order valence-corrected chi connectivity index (χ1v) is 6.76.